The van der Waals surface area contributed by atoms with Gasteiger partial charge in [-0.1, -0.05) is 68.2 Å². The molecule has 2 aliphatic heterocycles. The molecule has 6 atom stereocenters. The van der Waals surface area contributed by atoms with Gasteiger partial charge in [-0.2, -0.15) is 0 Å². The van der Waals surface area contributed by atoms with Crippen LogP contribution in [0.5, 0.6) is 0 Å². The quantitative estimate of drug-likeness (QED) is 0.237. The van der Waals surface area contributed by atoms with Gasteiger partial charge in [0, 0.05) is 31.5 Å². The van der Waals surface area contributed by atoms with Crippen molar-refractivity contribution >= 4 is 5.78 Å². The van der Waals surface area contributed by atoms with E-state index in [4.69, 9.17) is 18.9 Å². The van der Waals surface area contributed by atoms with Crippen molar-refractivity contribution < 1.29 is 23.7 Å². The monoisotopic (exact) mass is 498 g/mol. The summed E-state index contributed by atoms with van der Waals surface area (Å²) < 4.78 is 24.6. The van der Waals surface area contributed by atoms with Crippen LogP contribution >= 0.6 is 0 Å². The number of ether oxygens (including phenoxy) is 4. The summed E-state index contributed by atoms with van der Waals surface area (Å²) in [5.74, 6) is 0.234. The van der Waals surface area contributed by atoms with E-state index in [1.54, 1.807) is 0 Å². The van der Waals surface area contributed by atoms with E-state index < -0.39 is 0 Å². The van der Waals surface area contributed by atoms with Crippen molar-refractivity contribution in [1.82, 2.24) is 0 Å². The van der Waals surface area contributed by atoms with Gasteiger partial charge in [0.1, 0.15) is 5.78 Å². The van der Waals surface area contributed by atoms with E-state index in [2.05, 4.69) is 50.3 Å². The molecule has 5 heteroatoms. The van der Waals surface area contributed by atoms with E-state index in [-0.39, 0.29) is 36.6 Å². The summed E-state index contributed by atoms with van der Waals surface area (Å²) in [6, 6.07) is 8.52. The molecule has 1 aromatic rings. The Bertz CT molecular complexity index is 824. The van der Waals surface area contributed by atoms with Crippen LogP contribution < -0.4 is 0 Å². The molecular formula is C31H46O5. The number of unbranched alkanes of at least 4 members (excludes halogenated alkanes) is 2. The third kappa shape index (κ3) is 8.24. The van der Waals surface area contributed by atoms with Crippen molar-refractivity contribution in [3.63, 3.8) is 0 Å². The van der Waals surface area contributed by atoms with E-state index in [9.17, 15) is 4.79 Å². The van der Waals surface area contributed by atoms with Gasteiger partial charge in [0.15, 0.2) is 12.6 Å². The maximum atomic E-state index is 13.3. The van der Waals surface area contributed by atoms with E-state index >= 15 is 0 Å². The Balaban J connectivity index is 1.50. The third-order valence-electron chi connectivity index (χ3n) is 7.82. The summed E-state index contributed by atoms with van der Waals surface area (Å²) in [6.45, 7) is 5.86. The lowest BCUT2D eigenvalue weighted by atomic mass is 9.87. The Labute approximate surface area is 217 Å². The molecule has 0 bridgehead atoms. The smallest absolute Gasteiger partial charge is 0.158 e. The van der Waals surface area contributed by atoms with Crippen molar-refractivity contribution in [1.29, 1.82) is 0 Å². The molecule has 2 unspecified atom stereocenters. The minimum Gasteiger partial charge on any atom is -0.353 e. The summed E-state index contributed by atoms with van der Waals surface area (Å²) in [7, 11) is 0. The van der Waals surface area contributed by atoms with Crippen LogP contribution in [-0.2, 0) is 30.2 Å². The second-order valence-electron chi connectivity index (χ2n) is 10.9. The molecule has 0 radical (unpaired) electrons. The van der Waals surface area contributed by atoms with Crippen LogP contribution in [0.1, 0.15) is 88.7 Å². The number of aryl methyl sites for hydroxylation is 1. The molecule has 0 N–H and O–H groups in total. The van der Waals surface area contributed by atoms with E-state index in [0.29, 0.717) is 12.2 Å². The van der Waals surface area contributed by atoms with Gasteiger partial charge in [0.05, 0.1) is 12.2 Å². The third-order valence-corrected chi connectivity index (χ3v) is 7.82. The Morgan fingerprint density at radius 1 is 1.06 bits per heavy atom. The molecule has 0 spiro atoms. The van der Waals surface area contributed by atoms with Crippen LogP contribution in [0.4, 0.5) is 0 Å². The minimum atomic E-state index is -0.197. The molecule has 2 heterocycles. The molecule has 200 valence electrons. The zero-order chi connectivity index (χ0) is 25.2. The van der Waals surface area contributed by atoms with Gasteiger partial charge >= 0.3 is 0 Å². The first-order valence-electron chi connectivity index (χ1n) is 14.4. The van der Waals surface area contributed by atoms with Gasteiger partial charge in [-0.3, -0.25) is 4.79 Å². The Morgan fingerprint density at radius 2 is 1.83 bits per heavy atom. The standard InChI is InChI=1S/C31H46O5/c1-3-4-5-13-25(35-30-14-6-8-18-33-30)16-17-26-27(21-24-12-10-11-23(2)20-24)28(32)22-29(26)36-31-15-7-9-19-34-31/h10-12,16-17,20,25-27,29-31H,3-9,13-15,18-19,21-22H2,1-2H3/b17-16+/t25-,26+,27+,29+,30?,31?/m0/s1. The highest BCUT2D eigenvalue weighted by Gasteiger charge is 2.43. The normalized spacial score (nSPS) is 30.2. The summed E-state index contributed by atoms with van der Waals surface area (Å²) in [5, 5.41) is 0. The lowest BCUT2D eigenvalue weighted by molar-refractivity contribution is -0.192. The summed E-state index contributed by atoms with van der Waals surface area (Å²) >= 11 is 0. The number of hydrogen-bond donors (Lipinski definition) is 0. The molecule has 5 nitrogen and oxygen atoms in total. The fourth-order valence-corrected chi connectivity index (χ4v) is 5.78. The average Bonchev–Trinajstić information content (AvgIpc) is 3.17. The molecule has 0 aromatic heterocycles. The van der Waals surface area contributed by atoms with Gasteiger partial charge in [0.25, 0.3) is 0 Å². The van der Waals surface area contributed by atoms with Crippen LogP contribution in [0.2, 0.25) is 0 Å². The van der Waals surface area contributed by atoms with E-state index in [1.165, 1.54) is 24.0 Å². The first-order chi connectivity index (χ1) is 17.6. The van der Waals surface area contributed by atoms with Gasteiger partial charge in [0.2, 0.25) is 0 Å². The summed E-state index contributed by atoms with van der Waals surface area (Å²) in [5.41, 5.74) is 2.44. The number of carbonyl (C=O) groups is 1. The molecular weight excluding hydrogens is 452 g/mol. The summed E-state index contributed by atoms with van der Waals surface area (Å²) in [6.07, 6.45) is 16.0. The number of Topliss-reactive ketones (excluding diaryl/α,β-unsaturated/α-hetero) is 1. The van der Waals surface area contributed by atoms with Crippen molar-refractivity contribution in [2.45, 2.75) is 116 Å². The molecule has 3 aliphatic rings. The number of hydrogen-bond acceptors (Lipinski definition) is 5. The zero-order valence-electron chi connectivity index (χ0n) is 22.4. The highest BCUT2D eigenvalue weighted by Crippen LogP contribution is 2.37. The Hall–Kier alpha value is -1.53. The van der Waals surface area contributed by atoms with Gasteiger partial charge in [-0.25, -0.2) is 0 Å². The highest BCUT2D eigenvalue weighted by atomic mass is 16.7. The largest absolute Gasteiger partial charge is 0.353 e. The molecule has 0 amide bonds. The minimum absolute atomic E-state index is 0.00144. The van der Waals surface area contributed by atoms with Crippen LogP contribution in [0.15, 0.2) is 36.4 Å². The maximum Gasteiger partial charge on any atom is 0.158 e. The van der Waals surface area contributed by atoms with Gasteiger partial charge in [-0.05, 0) is 63.9 Å². The van der Waals surface area contributed by atoms with Crippen LogP contribution in [-0.4, -0.2) is 43.8 Å². The molecule has 36 heavy (non-hydrogen) atoms. The predicted octanol–water partition coefficient (Wildman–Crippen LogP) is 6.70. The summed E-state index contributed by atoms with van der Waals surface area (Å²) in [4.78, 5) is 13.3. The lowest BCUT2D eigenvalue weighted by Gasteiger charge is -2.29. The second-order valence-corrected chi connectivity index (χ2v) is 10.9. The molecule has 1 aromatic carbocycles. The Kier molecular flexibility index (Phi) is 11.0. The second kappa shape index (κ2) is 14.4. The van der Waals surface area contributed by atoms with Gasteiger partial charge < -0.3 is 18.9 Å². The average molecular weight is 499 g/mol. The van der Waals surface area contributed by atoms with E-state index in [0.717, 1.165) is 71.0 Å². The number of rotatable bonds is 12. The lowest BCUT2D eigenvalue weighted by Crippen LogP contribution is -2.31. The first-order valence-corrected chi connectivity index (χ1v) is 14.4. The fraction of sp³-hybridized carbons (Fsp3) is 0.710. The van der Waals surface area contributed by atoms with Crippen molar-refractivity contribution in [2.75, 3.05) is 13.2 Å². The number of carbonyl (C=O) groups excluding carboxylic acids is 1. The number of ketones is 1. The highest BCUT2D eigenvalue weighted by molar-refractivity contribution is 5.85. The van der Waals surface area contributed by atoms with Crippen LogP contribution in [0.3, 0.4) is 0 Å². The maximum absolute atomic E-state index is 13.3. The SMILES string of the molecule is CCCCC[C@@H](/C=C/[C@H]1[C@H](OC2CCCCO2)CC(=O)[C@@H]1Cc1cccc(C)c1)OC1CCCCO1. The molecule has 2 saturated heterocycles. The fourth-order valence-electron chi connectivity index (χ4n) is 5.78. The first kappa shape index (κ1) is 27.5. The zero-order valence-corrected chi connectivity index (χ0v) is 22.4. The van der Waals surface area contributed by atoms with Crippen LogP contribution in [0.25, 0.3) is 0 Å². The van der Waals surface area contributed by atoms with Crippen molar-refractivity contribution in [3.05, 3.63) is 47.5 Å². The van der Waals surface area contributed by atoms with Crippen LogP contribution in [0, 0.1) is 18.8 Å². The molecule has 1 aliphatic carbocycles. The van der Waals surface area contributed by atoms with Crippen molar-refractivity contribution in [2.24, 2.45) is 11.8 Å². The molecule has 3 fully saturated rings. The molecule has 4 rings (SSSR count). The number of benzene rings is 1. The van der Waals surface area contributed by atoms with Gasteiger partial charge in [-0.15, -0.1) is 0 Å². The predicted molar refractivity (Wildman–Crippen MR) is 142 cm³/mol. The molecule has 1 saturated carbocycles. The topological polar surface area (TPSA) is 54.0 Å². The Morgan fingerprint density at radius 3 is 2.53 bits per heavy atom. The van der Waals surface area contributed by atoms with E-state index in [1.807, 2.05) is 0 Å². The van der Waals surface area contributed by atoms with Crippen molar-refractivity contribution in [3.8, 4) is 0 Å².